The van der Waals surface area contributed by atoms with E-state index in [-0.39, 0.29) is 11.5 Å². The van der Waals surface area contributed by atoms with E-state index in [1.807, 2.05) is 42.2 Å². The highest BCUT2D eigenvalue weighted by molar-refractivity contribution is 5.93. The number of nitrogens with zero attached hydrogens (tertiary/aromatic N) is 3. The number of likely N-dealkylation sites (N-methyl/N-ethyl adjacent to an activating group) is 1. The van der Waals surface area contributed by atoms with Gasteiger partial charge in [-0.1, -0.05) is 12.1 Å². The Hall–Kier alpha value is -2.99. The average molecular weight is 362 g/mol. The SMILES string of the molecule is Cc1cccc2c(=O)[nH]c(-c3ccc(C(=O)N4CCN(C)CC4)nc3)cc12. The number of H-pyrrole nitrogens is 1. The Morgan fingerprint density at radius 1 is 1.07 bits per heavy atom. The maximum Gasteiger partial charge on any atom is 0.272 e. The van der Waals surface area contributed by atoms with Crippen molar-refractivity contribution in [2.45, 2.75) is 6.92 Å². The second-order valence-corrected chi connectivity index (χ2v) is 7.08. The Morgan fingerprint density at radius 3 is 2.56 bits per heavy atom. The smallest absolute Gasteiger partial charge is 0.272 e. The molecule has 0 atom stereocenters. The second-order valence-electron chi connectivity index (χ2n) is 7.08. The number of fused-ring (bicyclic) bond motifs is 1. The van der Waals surface area contributed by atoms with Gasteiger partial charge in [0.25, 0.3) is 11.5 Å². The Balaban J connectivity index is 1.63. The van der Waals surface area contributed by atoms with Gasteiger partial charge in [-0.05, 0) is 49.2 Å². The first kappa shape index (κ1) is 17.4. The van der Waals surface area contributed by atoms with Gasteiger partial charge in [0, 0.05) is 43.3 Å². The molecule has 1 aromatic carbocycles. The summed E-state index contributed by atoms with van der Waals surface area (Å²) in [5.74, 6) is -0.0440. The zero-order valence-corrected chi connectivity index (χ0v) is 15.5. The summed E-state index contributed by atoms with van der Waals surface area (Å²) in [6, 6.07) is 11.2. The lowest BCUT2D eigenvalue weighted by atomic mass is 10.0. The van der Waals surface area contributed by atoms with E-state index >= 15 is 0 Å². The van der Waals surface area contributed by atoms with Crippen LogP contribution in [0.2, 0.25) is 0 Å². The number of aromatic amines is 1. The Bertz CT molecular complexity index is 1050. The van der Waals surface area contributed by atoms with E-state index < -0.39 is 0 Å². The minimum atomic E-state index is -0.121. The Labute approximate surface area is 157 Å². The van der Waals surface area contributed by atoms with Gasteiger partial charge in [0.2, 0.25) is 0 Å². The molecule has 0 saturated carbocycles. The van der Waals surface area contributed by atoms with Gasteiger partial charge in [-0.3, -0.25) is 14.6 Å². The summed E-state index contributed by atoms with van der Waals surface area (Å²) in [6.07, 6.45) is 1.65. The molecule has 4 rings (SSSR count). The number of aryl methyl sites for hydroxylation is 1. The van der Waals surface area contributed by atoms with Crippen molar-refractivity contribution in [3.8, 4) is 11.3 Å². The molecule has 1 amide bonds. The van der Waals surface area contributed by atoms with E-state index in [1.54, 1.807) is 12.3 Å². The van der Waals surface area contributed by atoms with Crippen LogP contribution in [0.1, 0.15) is 16.1 Å². The van der Waals surface area contributed by atoms with E-state index in [9.17, 15) is 9.59 Å². The molecule has 3 aromatic rings. The number of aromatic nitrogens is 2. The van der Waals surface area contributed by atoms with Crippen LogP contribution in [0.15, 0.2) is 47.4 Å². The molecule has 138 valence electrons. The largest absolute Gasteiger partial charge is 0.335 e. The lowest BCUT2D eigenvalue weighted by Gasteiger charge is -2.32. The molecule has 1 aliphatic heterocycles. The van der Waals surface area contributed by atoms with Crippen molar-refractivity contribution in [1.82, 2.24) is 19.8 Å². The molecule has 0 radical (unpaired) electrons. The minimum absolute atomic E-state index is 0.0440. The molecule has 27 heavy (non-hydrogen) atoms. The zero-order chi connectivity index (χ0) is 19.0. The molecule has 1 fully saturated rings. The lowest BCUT2D eigenvalue weighted by molar-refractivity contribution is 0.0658. The van der Waals surface area contributed by atoms with E-state index in [4.69, 9.17) is 0 Å². The molecule has 1 N–H and O–H groups in total. The molecule has 6 heteroatoms. The monoisotopic (exact) mass is 362 g/mol. The van der Waals surface area contributed by atoms with Crippen molar-refractivity contribution in [2.75, 3.05) is 33.2 Å². The topological polar surface area (TPSA) is 69.3 Å². The van der Waals surface area contributed by atoms with Crippen LogP contribution in [-0.2, 0) is 0 Å². The molecular weight excluding hydrogens is 340 g/mol. The minimum Gasteiger partial charge on any atom is -0.335 e. The number of benzene rings is 1. The summed E-state index contributed by atoms with van der Waals surface area (Å²) < 4.78 is 0. The Kier molecular flexibility index (Phi) is 4.49. The molecule has 0 unspecified atom stereocenters. The second kappa shape index (κ2) is 6.96. The molecule has 6 nitrogen and oxygen atoms in total. The predicted molar refractivity (Wildman–Crippen MR) is 106 cm³/mol. The van der Waals surface area contributed by atoms with Gasteiger partial charge in [0.05, 0.1) is 5.69 Å². The van der Waals surface area contributed by atoms with Gasteiger partial charge in [-0.15, -0.1) is 0 Å². The summed E-state index contributed by atoms with van der Waals surface area (Å²) in [7, 11) is 2.06. The first-order chi connectivity index (χ1) is 13.0. The van der Waals surface area contributed by atoms with Crippen molar-refractivity contribution in [3.63, 3.8) is 0 Å². The van der Waals surface area contributed by atoms with Crippen molar-refractivity contribution in [2.24, 2.45) is 0 Å². The fraction of sp³-hybridized carbons (Fsp3) is 0.286. The van der Waals surface area contributed by atoms with Crippen molar-refractivity contribution >= 4 is 16.7 Å². The average Bonchev–Trinajstić information content (AvgIpc) is 2.69. The summed E-state index contributed by atoms with van der Waals surface area (Å²) in [5.41, 5.74) is 2.85. The van der Waals surface area contributed by atoms with Crippen LogP contribution in [0.5, 0.6) is 0 Å². The van der Waals surface area contributed by atoms with Crippen LogP contribution < -0.4 is 5.56 Å². The summed E-state index contributed by atoms with van der Waals surface area (Å²) in [6.45, 7) is 5.18. The molecule has 0 bridgehead atoms. The fourth-order valence-electron chi connectivity index (χ4n) is 3.45. The maximum atomic E-state index is 12.6. The molecular formula is C21H22N4O2. The van der Waals surface area contributed by atoms with Crippen LogP contribution in [0.4, 0.5) is 0 Å². The number of carbonyl (C=O) groups excluding carboxylic acids is 1. The van der Waals surface area contributed by atoms with Gasteiger partial charge in [-0.2, -0.15) is 0 Å². The summed E-state index contributed by atoms with van der Waals surface area (Å²) >= 11 is 0. The molecule has 3 heterocycles. The van der Waals surface area contributed by atoms with Crippen LogP contribution >= 0.6 is 0 Å². The highest BCUT2D eigenvalue weighted by atomic mass is 16.2. The molecule has 0 spiro atoms. The number of carbonyl (C=O) groups is 1. The van der Waals surface area contributed by atoms with Gasteiger partial charge in [-0.25, -0.2) is 0 Å². The molecule has 0 aliphatic carbocycles. The third kappa shape index (κ3) is 3.36. The third-order valence-corrected chi connectivity index (χ3v) is 5.19. The normalized spacial score (nSPS) is 15.3. The number of amides is 1. The van der Waals surface area contributed by atoms with E-state index in [0.717, 1.165) is 42.7 Å². The molecule has 2 aromatic heterocycles. The van der Waals surface area contributed by atoms with Crippen LogP contribution in [-0.4, -0.2) is 58.9 Å². The van der Waals surface area contributed by atoms with Gasteiger partial charge in [0.15, 0.2) is 0 Å². The Morgan fingerprint density at radius 2 is 1.85 bits per heavy atom. The molecule has 1 saturated heterocycles. The van der Waals surface area contributed by atoms with Crippen LogP contribution in [0, 0.1) is 6.92 Å². The van der Waals surface area contributed by atoms with Gasteiger partial charge < -0.3 is 14.8 Å². The van der Waals surface area contributed by atoms with Crippen molar-refractivity contribution in [3.05, 3.63) is 64.2 Å². The first-order valence-electron chi connectivity index (χ1n) is 9.10. The standard InChI is InChI=1S/C21H22N4O2/c1-14-4-3-5-16-17(14)12-19(23-20(16)26)15-6-7-18(22-13-15)21(27)25-10-8-24(2)9-11-25/h3-7,12-13H,8-11H2,1-2H3,(H,23,26). The van der Waals surface area contributed by atoms with E-state index in [0.29, 0.717) is 16.8 Å². The van der Waals surface area contributed by atoms with E-state index in [2.05, 4.69) is 21.9 Å². The number of nitrogens with one attached hydrogen (secondary N) is 1. The quantitative estimate of drug-likeness (QED) is 0.759. The molecule has 1 aliphatic rings. The van der Waals surface area contributed by atoms with Crippen LogP contribution in [0.25, 0.3) is 22.0 Å². The number of hydrogen-bond acceptors (Lipinski definition) is 4. The fourth-order valence-corrected chi connectivity index (χ4v) is 3.45. The van der Waals surface area contributed by atoms with Gasteiger partial charge in [0.1, 0.15) is 5.69 Å². The summed E-state index contributed by atoms with van der Waals surface area (Å²) in [5, 5.41) is 1.60. The number of piperazine rings is 1. The number of rotatable bonds is 2. The third-order valence-electron chi connectivity index (χ3n) is 5.19. The highest BCUT2D eigenvalue weighted by Gasteiger charge is 2.21. The first-order valence-corrected chi connectivity index (χ1v) is 9.10. The van der Waals surface area contributed by atoms with Gasteiger partial charge >= 0.3 is 0 Å². The van der Waals surface area contributed by atoms with Crippen LogP contribution in [0.3, 0.4) is 0 Å². The lowest BCUT2D eigenvalue weighted by Crippen LogP contribution is -2.47. The summed E-state index contributed by atoms with van der Waals surface area (Å²) in [4.78, 5) is 36.3. The highest BCUT2D eigenvalue weighted by Crippen LogP contribution is 2.22. The zero-order valence-electron chi connectivity index (χ0n) is 15.5. The predicted octanol–water partition coefficient (Wildman–Crippen LogP) is 2.29. The van der Waals surface area contributed by atoms with Crippen molar-refractivity contribution < 1.29 is 4.79 Å². The van der Waals surface area contributed by atoms with E-state index in [1.165, 1.54) is 0 Å². The van der Waals surface area contributed by atoms with Crippen molar-refractivity contribution in [1.29, 1.82) is 0 Å². The number of hydrogen-bond donors (Lipinski definition) is 1. The number of pyridine rings is 2. The maximum absolute atomic E-state index is 12.6.